The van der Waals surface area contributed by atoms with Gasteiger partial charge in [0.05, 0.1) is 17.5 Å². The molecule has 1 N–H and O–H groups in total. The summed E-state index contributed by atoms with van der Waals surface area (Å²) in [6.07, 6.45) is 5.35. The number of fused-ring (bicyclic) bond motifs is 1. The first-order chi connectivity index (χ1) is 16.8. The van der Waals surface area contributed by atoms with Gasteiger partial charge in [0.2, 0.25) is 0 Å². The highest BCUT2D eigenvalue weighted by molar-refractivity contribution is 6.09. The number of carbonyl (C=O) groups is 1. The van der Waals surface area contributed by atoms with Gasteiger partial charge in [0, 0.05) is 23.7 Å². The average Bonchev–Trinajstić information content (AvgIpc) is 3.44. The third kappa shape index (κ3) is 3.94. The molecule has 3 aromatic heterocycles. The van der Waals surface area contributed by atoms with Gasteiger partial charge in [-0.3, -0.25) is 4.79 Å². The van der Waals surface area contributed by atoms with Crippen LogP contribution in [0.4, 0.5) is 0 Å². The second kappa shape index (κ2) is 8.55. The second-order valence-electron chi connectivity index (χ2n) is 8.49. The van der Waals surface area contributed by atoms with Crippen LogP contribution in [0, 0.1) is 0 Å². The molecule has 3 heterocycles. The van der Waals surface area contributed by atoms with Gasteiger partial charge < -0.3 is 9.84 Å². The molecule has 0 spiro atoms. The molecule has 0 unspecified atom stereocenters. The summed E-state index contributed by atoms with van der Waals surface area (Å²) in [4.78, 5) is 22.2. The average molecular weight is 451 g/mol. The van der Waals surface area contributed by atoms with Crippen LogP contribution >= 0.6 is 0 Å². The molecular weight excluding hydrogens is 428 g/mol. The van der Waals surface area contributed by atoms with Crippen molar-refractivity contribution < 1.29 is 9.32 Å². The Kier molecular flexibility index (Phi) is 5.10. The maximum absolute atomic E-state index is 13.5. The maximum Gasteiger partial charge on any atom is 0.259 e. The molecule has 1 aliphatic carbocycles. The Balaban J connectivity index is 1.33. The van der Waals surface area contributed by atoms with Crippen LogP contribution in [0.5, 0.6) is 0 Å². The Morgan fingerprint density at radius 2 is 1.85 bits per heavy atom. The summed E-state index contributed by atoms with van der Waals surface area (Å²) < 4.78 is 7.36. The van der Waals surface area contributed by atoms with Gasteiger partial charge in [0.15, 0.2) is 0 Å². The Morgan fingerprint density at radius 1 is 1.06 bits per heavy atom. The predicted molar refractivity (Wildman–Crippen MR) is 126 cm³/mol. The molecule has 168 valence electrons. The summed E-state index contributed by atoms with van der Waals surface area (Å²) >= 11 is 0. The van der Waals surface area contributed by atoms with Crippen molar-refractivity contribution in [2.24, 2.45) is 0 Å². The number of carbonyl (C=O) groups excluding carboxylic acids is 1. The van der Waals surface area contributed by atoms with Crippen molar-refractivity contribution in [2.75, 3.05) is 0 Å². The molecule has 0 saturated heterocycles. The summed E-state index contributed by atoms with van der Waals surface area (Å²) in [5.74, 6) is 0.204. The quantitative estimate of drug-likeness (QED) is 0.396. The van der Waals surface area contributed by atoms with Crippen LogP contribution in [0.25, 0.3) is 22.4 Å². The van der Waals surface area contributed by atoms with Crippen LogP contribution in [-0.2, 0) is 13.1 Å². The summed E-state index contributed by atoms with van der Waals surface area (Å²) in [5.41, 5.74) is 5.44. The van der Waals surface area contributed by atoms with E-state index in [1.807, 2.05) is 60.7 Å². The number of hydrogen-bond acceptors (Lipinski definition) is 6. The number of nitrogens with one attached hydrogen (secondary N) is 1. The standard InChI is InChI=1S/C26H22N6O2/c33-25(28-13-19-8-4-5-9-20(19)14-32-16-27-15-29-32)21-12-22(17-10-11-17)30-26-23(21)24(31-34-26)18-6-2-1-3-7-18/h1-9,12,15-17H,10-11,13-14H2,(H,28,33). The van der Waals surface area contributed by atoms with Gasteiger partial charge in [-0.2, -0.15) is 5.10 Å². The molecule has 8 heteroatoms. The zero-order valence-corrected chi connectivity index (χ0v) is 18.4. The number of nitrogens with zero attached hydrogens (tertiary/aromatic N) is 5. The molecule has 6 rings (SSSR count). The van der Waals surface area contributed by atoms with Crippen LogP contribution < -0.4 is 5.32 Å². The predicted octanol–water partition coefficient (Wildman–Crippen LogP) is 4.34. The largest absolute Gasteiger partial charge is 0.348 e. The van der Waals surface area contributed by atoms with Gasteiger partial charge in [0.25, 0.3) is 11.6 Å². The van der Waals surface area contributed by atoms with Gasteiger partial charge in [-0.1, -0.05) is 59.8 Å². The van der Waals surface area contributed by atoms with Crippen LogP contribution in [0.1, 0.15) is 45.9 Å². The molecule has 1 saturated carbocycles. The third-order valence-electron chi connectivity index (χ3n) is 6.11. The highest BCUT2D eigenvalue weighted by Crippen LogP contribution is 2.41. The topological polar surface area (TPSA) is 98.7 Å². The molecule has 8 nitrogen and oxygen atoms in total. The number of hydrogen-bond donors (Lipinski definition) is 1. The second-order valence-corrected chi connectivity index (χ2v) is 8.49. The van der Waals surface area contributed by atoms with Crippen molar-refractivity contribution in [1.82, 2.24) is 30.2 Å². The van der Waals surface area contributed by atoms with Crippen molar-refractivity contribution in [3.8, 4) is 11.3 Å². The molecule has 0 bridgehead atoms. The van der Waals surface area contributed by atoms with Crippen molar-refractivity contribution in [3.05, 3.63) is 95.7 Å². The normalized spacial score (nSPS) is 13.3. The Morgan fingerprint density at radius 3 is 2.62 bits per heavy atom. The van der Waals surface area contributed by atoms with E-state index in [0.717, 1.165) is 35.2 Å². The Labute approximate surface area is 195 Å². The van der Waals surface area contributed by atoms with Crippen molar-refractivity contribution in [2.45, 2.75) is 31.8 Å². The monoisotopic (exact) mass is 450 g/mol. The van der Waals surface area contributed by atoms with Gasteiger partial charge in [0.1, 0.15) is 18.3 Å². The van der Waals surface area contributed by atoms with E-state index in [-0.39, 0.29) is 5.91 Å². The summed E-state index contributed by atoms with van der Waals surface area (Å²) in [5, 5.41) is 12.2. The van der Waals surface area contributed by atoms with Crippen LogP contribution in [0.15, 0.2) is 77.8 Å². The number of benzene rings is 2. The lowest BCUT2D eigenvalue weighted by Gasteiger charge is -2.12. The first-order valence-corrected chi connectivity index (χ1v) is 11.3. The Hall–Kier alpha value is -4.33. The molecule has 0 aliphatic heterocycles. The molecule has 2 aromatic carbocycles. The Bertz CT molecular complexity index is 1460. The first-order valence-electron chi connectivity index (χ1n) is 11.3. The van der Waals surface area contributed by atoms with E-state index in [9.17, 15) is 4.79 Å². The van der Waals surface area contributed by atoms with E-state index < -0.39 is 0 Å². The van der Waals surface area contributed by atoms with Crippen LogP contribution in [0.2, 0.25) is 0 Å². The molecule has 1 fully saturated rings. The number of pyridine rings is 1. The minimum atomic E-state index is -0.176. The minimum absolute atomic E-state index is 0.176. The zero-order valence-electron chi connectivity index (χ0n) is 18.4. The van der Waals surface area contributed by atoms with E-state index in [0.29, 0.717) is 41.4 Å². The maximum atomic E-state index is 13.5. The zero-order chi connectivity index (χ0) is 22.9. The van der Waals surface area contributed by atoms with Crippen molar-refractivity contribution in [3.63, 3.8) is 0 Å². The van der Waals surface area contributed by atoms with E-state index in [2.05, 4.69) is 25.5 Å². The molecule has 34 heavy (non-hydrogen) atoms. The fourth-order valence-corrected chi connectivity index (χ4v) is 4.17. The van der Waals surface area contributed by atoms with Gasteiger partial charge in [-0.15, -0.1) is 0 Å². The fraction of sp³-hybridized carbons (Fsp3) is 0.192. The molecule has 5 aromatic rings. The van der Waals surface area contributed by atoms with Crippen molar-refractivity contribution in [1.29, 1.82) is 0 Å². The number of rotatable bonds is 7. The highest BCUT2D eigenvalue weighted by atomic mass is 16.5. The lowest BCUT2D eigenvalue weighted by Crippen LogP contribution is -2.24. The minimum Gasteiger partial charge on any atom is -0.348 e. The number of aromatic nitrogens is 5. The van der Waals surface area contributed by atoms with E-state index in [1.165, 1.54) is 6.33 Å². The highest BCUT2D eigenvalue weighted by Gasteiger charge is 2.29. The number of amides is 1. The molecule has 1 aliphatic rings. The SMILES string of the molecule is O=C(NCc1ccccc1Cn1cncn1)c1cc(C2CC2)nc2onc(-c3ccccc3)c12. The van der Waals surface area contributed by atoms with E-state index in [1.54, 1.807) is 11.0 Å². The summed E-state index contributed by atoms with van der Waals surface area (Å²) in [6, 6.07) is 19.6. The molecule has 0 atom stereocenters. The smallest absolute Gasteiger partial charge is 0.259 e. The van der Waals surface area contributed by atoms with Gasteiger partial charge >= 0.3 is 0 Å². The van der Waals surface area contributed by atoms with Crippen LogP contribution in [-0.4, -0.2) is 30.8 Å². The lowest BCUT2D eigenvalue weighted by atomic mass is 10.0. The molecule has 0 radical (unpaired) electrons. The lowest BCUT2D eigenvalue weighted by molar-refractivity contribution is 0.0952. The third-order valence-corrected chi connectivity index (χ3v) is 6.11. The fourth-order valence-electron chi connectivity index (χ4n) is 4.17. The van der Waals surface area contributed by atoms with E-state index in [4.69, 9.17) is 4.52 Å². The summed E-state index contributed by atoms with van der Waals surface area (Å²) in [6.45, 7) is 0.972. The van der Waals surface area contributed by atoms with E-state index >= 15 is 0 Å². The van der Waals surface area contributed by atoms with Crippen molar-refractivity contribution >= 4 is 17.0 Å². The van der Waals surface area contributed by atoms with Crippen LogP contribution in [0.3, 0.4) is 0 Å². The first kappa shape index (κ1) is 20.3. The summed E-state index contributed by atoms with van der Waals surface area (Å²) in [7, 11) is 0. The molecule has 1 amide bonds. The van der Waals surface area contributed by atoms with Gasteiger partial charge in [-0.05, 0) is 30.0 Å². The van der Waals surface area contributed by atoms with Gasteiger partial charge in [-0.25, -0.2) is 14.6 Å². The molecular formula is C26H22N6O2.